The van der Waals surface area contributed by atoms with Gasteiger partial charge in [-0.3, -0.25) is 5.10 Å². The third-order valence-electron chi connectivity index (χ3n) is 3.53. The fourth-order valence-electron chi connectivity index (χ4n) is 2.10. The Morgan fingerprint density at radius 3 is 2.71 bits per heavy atom. The summed E-state index contributed by atoms with van der Waals surface area (Å²) in [5.74, 6) is 0. The highest BCUT2D eigenvalue weighted by atomic mass is 15.1. The molecule has 17 heavy (non-hydrogen) atoms. The van der Waals surface area contributed by atoms with Gasteiger partial charge in [0, 0.05) is 31.4 Å². The molecular weight excluding hydrogens is 212 g/mol. The van der Waals surface area contributed by atoms with Crippen LogP contribution in [-0.2, 0) is 6.42 Å². The van der Waals surface area contributed by atoms with Crippen molar-refractivity contribution in [3.63, 3.8) is 0 Å². The van der Waals surface area contributed by atoms with E-state index in [1.165, 1.54) is 24.1 Å². The van der Waals surface area contributed by atoms with E-state index in [4.69, 9.17) is 0 Å². The predicted molar refractivity (Wildman–Crippen MR) is 70.3 cm³/mol. The maximum Gasteiger partial charge on any atom is 0.0626 e. The minimum Gasteiger partial charge on any atom is -0.313 e. The molecule has 96 valence electrons. The molecule has 1 saturated carbocycles. The summed E-state index contributed by atoms with van der Waals surface area (Å²) in [6, 6.07) is 0.821. The van der Waals surface area contributed by atoms with E-state index in [1.54, 1.807) is 0 Å². The molecule has 1 heterocycles. The molecule has 0 unspecified atom stereocenters. The second-order valence-electron chi connectivity index (χ2n) is 5.19. The minimum atomic E-state index is 0.821. The summed E-state index contributed by atoms with van der Waals surface area (Å²) >= 11 is 0. The molecule has 0 radical (unpaired) electrons. The zero-order chi connectivity index (χ0) is 12.3. The van der Waals surface area contributed by atoms with Gasteiger partial charge in [0.15, 0.2) is 0 Å². The molecule has 0 amide bonds. The van der Waals surface area contributed by atoms with Crippen LogP contribution in [0.2, 0.25) is 0 Å². The van der Waals surface area contributed by atoms with Crippen molar-refractivity contribution >= 4 is 0 Å². The molecule has 0 spiro atoms. The van der Waals surface area contributed by atoms with Crippen LogP contribution in [0.3, 0.4) is 0 Å². The summed E-state index contributed by atoms with van der Waals surface area (Å²) in [6.45, 7) is 7.53. The van der Waals surface area contributed by atoms with Crippen molar-refractivity contribution in [2.24, 2.45) is 0 Å². The number of rotatable bonds is 7. The molecule has 1 fully saturated rings. The Balaban J connectivity index is 1.66. The summed E-state index contributed by atoms with van der Waals surface area (Å²) in [6.07, 6.45) is 3.84. The molecule has 0 aromatic carbocycles. The number of hydrogen-bond acceptors (Lipinski definition) is 3. The fourth-order valence-corrected chi connectivity index (χ4v) is 2.10. The number of likely N-dealkylation sites (N-methyl/N-ethyl adjacent to an activating group) is 1. The molecule has 1 aromatic heterocycles. The molecule has 0 saturated heterocycles. The zero-order valence-corrected chi connectivity index (χ0v) is 11.2. The molecule has 0 aliphatic heterocycles. The summed E-state index contributed by atoms with van der Waals surface area (Å²) in [5, 5.41) is 10.8. The number of aromatic nitrogens is 2. The van der Waals surface area contributed by atoms with Gasteiger partial charge in [-0.1, -0.05) is 0 Å². The first-order chi connectivity index (χ1) is 8.16. The first-order valence-electron chi connectivity index (χ1n) is 6.59. The highest BCUT2D eigenvalue weighted by Gasteiger charge is 2.19. The van der Waals surface area contributed by atoms with Gasteiger partial charge >= 0.3 is 0 Å². The second kappa shape index (κ2) is 5.65. The van der Waals surface area contributed by atoms with Crippen molar-refractivity contribution in [1.82, 2.24) is 20.4 Å². The van der Waals surface area contributed by atoms with Gasteiger partial charge in [0.05, 0.1) is 5.69 Å². The van der Waals surface area contributed by atoms with Gasteiger partial charge < -0.3 is 10.2 Å². The predicted octanol–water partition coefficient (Wildman–Crippen LogP) is 1.25. The molecule has 1 aliphatic rings. The van der Waals surface area contributed by atoms with E-state index >= 15 is 0 Å². The van der Waals surface area contributed by atoms with E-state index in [-0.39, 0.29) is 0 Å². The van der Waals surface area contributed by atoms with Crippen LogP contribution < -0.4 is 5.32 Å². The third kappa shape index (κ3) is 3.82. The van der Waals surface area contributed by atoms with Crippen molar-refractivity contribution in [2.45, 2.75) is 39.2 Å². The molecule has 4 nitrogen and oxygen atoms in total. The van der Waals surface area contributed by atoms with E-state index in [9.17, 15) is 0 Å². The van der Waals surface area contributed by atoms with E-state index < -0.39 is 0 Å². The molecule has 0 atom stereocenters. The van der Waals surface area contributed by atoms with Crippen molar-refractivity contribution < 1.29 is 0 Å². The summed E-state index contributed by atoms with van der Waals surface area (Å²) in [5.41, 5.74) is 3.74. The first-order valence-corrected chi connectivity index (χ1v) is 6.59. The average molecular weight is 236 g/mol. The van der Waals surface area contributed by atoms with E-state index in [0.29, 0.717) is 0 Å². The van der Waals surface area contributed by atoms with Crippen LogP contribution in [0.25, 0.3) is 0 Å². The van der Waals surface area contributed by atoms with Gasteiger partial charge in [0.1, 0.15) is 0 Å². The summed E-state index contributed by atoms with van der Waals surface area (Å²) < 4.78 is 0. The Morgan fingerprint density at radius 2 is 2.12 bits per heavy atom. The SMILES string of the molecule is Cc1n[nH]c(C)c1CCN(C)CCNC1CC1. The van der Waals surface area contributed by atoms with Crippen LogP contribution in [0.5, 0.6) is 0 Å². The fraction of sp³-hybridized carbons (Fsp3) is 0.769. The average Bonchev–Trinajstić information content (AvgIpc) is 3.05. The molecular formula is C13H24N4. The topological polar surface area (TPSA) is 44.0 Å². The van der Waals surface area contributed by atoms with Crippen LogP contribution in [0.15, 0.2) is 0 Å². The first kappa shape index (κ1) is 12.6. The number of aromatic amines is 1. The number of aryl methyl sites for hydroxylation is 2. The van der Waals surface area contributed by atoms with Gasteiger partial charge in [0.25, 0.3) is 0 Å². The smallest absolute Gasteiger partial charge is 0.0626 e. The molecule has 4 heteroatoms. The standard InChI is InChI=1S/C13H24N4/c1-10-13(11(2)16-15-10)6-8-17(3)9-7-14-12-4-5-12/h12,14H,4-9H2,1-3H3,(H,15,16). The lowest BCUT2D eigenvalue weighted by Crippen LogP contribution is -2.31. The Bertz CT molecular complexity index is 335. The van der Waals surface area contributed by atoms with Crippen LogP contribution in [0.1, 0.15) is 29.8 Å². The van der Waals surface area contributed by atoms with Crippen molar-refractivity contribution in [2.75, 3.05) is 26.7 Å². The lowest BCUT2D eigenvalue weighted by atomic mass is 10.1. The monoisotopic (exact) mass is 236 g/mol. The quantitative estimate of drug-likeness (QED) is 0.749. The van der Waals surface area contributed by atoms with Gasteiger partial charge in [0.2, 0.25) is 0 Å². The Kier molecular flexibility index (Phi) is 4.18. The van der Waals surface area contributed by atoms with E-state index in [2.05, 4.69) is 41.3 Å². The Labute approximate surface area is 104 Å². The lowest BCUT2D eigenvalue weighted by molar-refractivity contribution is 0.335. The number of H-pyrrole nitrogens is 1. The highest BCUT2D eigenvalue weighted by Crippen LogP contribution is 2.18. The van der Waals surface area contributed by atoms with Crippen LogP contribution >= 0.6 is 0 Å². The van der Waals surface area contributed by atoms with E-state index in [1.807, 2.05) is 0 Å². The maximum absolute atomic E-state index is 4.23. The molecule has 2 rings (SSSR count). The van der Waals surface area contributed by atoms with Gasteiger partial charge in [-0.25, -0.2) is 0 Å². The zero-order valence-electron chi connectivity index (χ0n) is 11.2. The van der Waals surface area contributed by atoms with Crippen LogP contribution in [0, 0.1) is 13.8 Å². The Hall–Kier alpha value is -0.870. The minimum absolute atomic E-state index is 0.821. The molecule has 0 bridgehead atoms. The maximum atomic E-state index is 4.23. The number of hydrogen-bond donors (Lipinski definition) is 2. The molecule has 1 aromatic rings. The van der Waals surface area contributed by atoms with Crippen LogP contribution in [-0.4, -0.2) is 47.8 Å². The second-order valence-corrected chi connectivity index (χ2v) is 5.19. The van der Waals surface area contributed by atoms with Crippen molar-refractivity contribution in [3.05, 3.63) is 17.0 Å². The largest absolute Gasteiger partial charge is 0.313 e. The normalized spacial score (nSPS) is 15.8. The number of nitrogens with zero attached hydrogens (tertiary/aromatic N) is 2. The van der Waals surface area contributed by atoms with E-state index in [0.717, 1.165) is 37.8 Å². The van der Waals surface area contributed by atoms with Gasteiger partial charge in [-0.2, -0.15) is 5.10 Å². The lowest BCUT2D eigenvalue weighted by Gasteiger charge is -2.16. The van der Waals surface area contributed by atoms with Crippen molar-refractivity contribution in [3.8, 4) is 0 Å². The highest BCUT2D eigenvalue weighted by molar-refractivity contribution is 5.23. The molecule has 1 aliphatic carbocycles. The number of nitrogens with one attached hydrogen (secondary N) is 2. The molecule has 2 N–H and O–H groups in total. The third-order valence-corrected chi connectivity index (χ3v) is 3.53. The summed E-state index contributed by atoms with van der Waals surface area (Å²) in [7, 11) is 2.19. The summed E-state index contributed by atoms with van der Waals surface area (Å²) in [4.78, 5) is 2.39. The van der Waals surface area contributed by atoms with Crippen molar-refractivity contribution in [1.29, 1.82) is 0 Å². The van der Waals surface area contributed by atoms with Gasteiger partial charge in [-0.05, 0) is 45.7 Å². The van der Waals surface area contributed by atoms with Gasteiger partial charge in [-0.15, -0.1) is 0 Å². The Morgan fingerprint density at radius 1 is 1.35 bits per heavy atom. The van der Waals surface area contributed by atoms with Crippen LogP contribution in [0.4, 0.5) is 0 Å².